The second-order valence-electron chi connectivity index (χ2n) is 4.85. The van der Waals surface area contributed by atoms with Gasteiger partial charge in [0.2, 0.25) is 0 Å². The molecule has 0 unspecified atom stereocenters. The van der Waals surface area contributed by atoms with Gasteiger partial charge in [0.25, 0.3) is 5.91 Å². The Labute approximate surface area is 117 Å². The topological polar surface area (TPSA) is 32.7 Å². The summed E-state index contributed by atoms with van der Waals surface area (Å²) in [6.45, 7) is 0.789. The number of fused-ring (bicyclic) bond motifs is 1. The molecule has 0 aliphatic carbocycles. The summed E-state index contributed by atoms with van der Waals surface area (Å²) in [6.07, 6.45) is 6.02. The predicted octanol–water partition coefficient (Wildman–Crippen LogP) is 3.50. The zero-order chi connectivity index (χ0) is 13.2. The van der Waals surface area contributed by atoms with Gasteiger partial charge >= 0.3 is 0 Å². The Morgan fingerprint density at radius 3 is 2.89 bits per heavy atom. The van der Waals surface area contributed by atoms with Crippen LogP contribution in [0, 0.1) is 0 Å². The van der Waals surface area contributed by atoms with E-state index in [1.807, 2.05) is 29.2 Å². The molecular weight excluding hydrogens is 260 g/mol. The first-order valence-corrected chi connectivity index (χ1v) is 6.99. The molecule has 1 aromatic rings. The number of amides is 1. The van der Waals surface area contributed by atoms with Gasteiger partial charge in [-0.1, -0.05) is 36.2 Å². The minimum absolute atomic E-state index is 0.0109. The first-order chi connectivity index (χ1) is 9.25. The van der Waals surface area contributed by atoms with Gasteiger partial charge in [-0.2, -0.15) is 0 Å². The summed E-state index contributed by atoms with van der Waals surface area (Å²) in [5, 5.41) is 0.644. The number of amidine groups is 1. The van der Waals surface area contributed by atoms with Crippen LogP contribution < -0.4 is 0 Å². The van der Waals surface area contributed by atoms with E-state index in [1.54, 1.807) is 6.08 Å². The lowest BCUT2D eigenvalue weighted by Gasteiger charge is -2.14. The Morgan fingerprint density at radius 2 is 2.05 bits per heavy atom. The minimum atomic E-state index is 0.0109. The Hall–Kier alpha value is -1.61. The first kappa shape index (κ1) is 12.4. The third kappa shape index (κ3) is 2.43. The Morgan fingerprint density at radius 1 is 1.21 bits per heavy atom. The Bertz CT molecular complexity index is 577. The molecule has 0 N–H and O–H groups in total. The number of halogens is 1. The van der Waals surface area contributed by atoms with E-state index >= 15 is 0 Å². The van der Waals surface area contributed by atoms with Crippen molar-refractivity contribution in [2.24, 2.45) is 4.99 Å². The second-order valence-corrected chi connectivity index (χ2v) is 5.25. The molecule has 0 atom stereocenters. The van der Waals surface area contributed by atoms with Crippen molar-refractivity contribution >= 4 is 29.4 Å². The van der Waals surface area contributed by atoms with Gasteiger partial charge in [0.15, 0.2) is 0 Å². The van der Waals surface area contributed by atoms with Crippen molar-refractivity contribution in [3.63, 3.8) is 0 Å². The summed E-state index contributed by atoms with van der Waals surface area (Å²) in [6, 6.07) is 7.49. The quantitative estimate of drug-likeness (QED) is 0.722. The molecule has 98 valence electrons. The number of carbonyl (C=O) groups excluding carboxylic acids is 1. The van der Waals surface area contributed by atoms with E-state index in [2.05, 4.69) is 4.99 Å². The van der Waals surface area contributed by atoms with Crippen LogP contribution in [-0.2, 0) is 4.79 Å². The maximum atomic E-state index is 12.3. The van der Waals surface area contributed by atoms with Gasteiger partial charge in [-0.3, -0.25) is 9.69 Å². The molecule has 0 saturated carbocycles. The molecule has 3 nitrogen and oxygen atoms in total. The van der Waals surface area contributed by atoms with Crippen LogP contribution in [-0.4, -0.2) is 23.2 Å². The Kier molecular flexibility index (Phi) is 3.38. The van der Waals surface area contributed by atoms with Crippen molar-refractivity contribution in [3.8, 4) is 0 Å². The number of carbonyl (C=O) groups is 1. The van der Waals surface area contributed by atoms with Crippen LogP contribution in [0.15, 0.2) is 35.0 Å². The molecule has 4 heteroatoms. The van der Waals surface area contributed by atoms with Crippen LogP contribution in [0.5, 0.6) is 0 Å². The molecule has 1 fully saturated rings. The second kappa shape index (κ2) is 5.17. The van der Waals surface area contributed by atoms with Gasteiger partial charge in [0, 0.05) is 18.0 Å². The summed E-state index contributed by atoms with van der Waals surface area (Å²) < 4.78 is 0. The van der Waals surface area contributed by atoms with Crippen molar-refractivity contribution in [2.75, 3.05) is 6.54 Å². The zero-order valence-electron chi connectivity index (χ0n) is 10.6. The van der Waals surface area contributed by atoms with Crippen LogP contribution in [0.25, 0.3) is 6.08 Å². The maximum Gasteiger partial charge on any atom is 0.277 e. The lowest BCUT2D eigenvalue weighted by atomic mass is 10.2. The molecule has 2 aliphatic rings. The summed E-state index contributed by atoms with van der Waals surface area (Å²) in [4.78, 5) is 18.6. The van der Waals surface area contributed by atoms with E-state index in [1.165, 1.54) is 6.42 Å². The van der Waals surface area contributed by atoms with Crippen LogP contribution in [0.1, 0.15) is 31.2 Å². The smallest absolute Gasteiger partial charge is 0.277 e. The SMILES string of the molecule is O=C1C(=Cc2ccccc2Cl)N=C2CCCCCN12. The van der Waals surface area contributed by atoms with E-state index in [0.717, 1.165) is 37.2 Å². The molecule has 1 aromatic carbocycles. The maximum absolute atomic E-state index is 12.3. The lowest BCUT2D eigenvalue weighted by molar-refractivity contribution is -0.122. The third-order valence-corrected chi connectivity index (χ3v) is 3.85. The molecule has 0 bridgehead atoms. The van der Waals surface area contributed by atoms with Crippen molar-refractivity contribution < 1.29 is 4.79 Å². The van der Waals surface area contributed by atoms with Gasteiger partial charge in [-0.05, 0) is 30.5 Å². The van der Waals surface area contributed by atoms with Crippen molar-refractivity contribution in [1.82, 2.24) is 4.90 Å². The standard InChI is InChI=1S/C15H15ClN2O/c16-12-7-4-3-6-11(12)10-13-15(19)18-9-5-1-2-8-14(18)17-13/h3-4,6-7,10H,1-2,5,8-9H2. The third-order valence-electron chi connectivity index (χ3n) is 3.50. The van der Waals surface area contributed by atoms with E-state index in [9.17, 15) is 4.79 Å². The van der Waals surface area contributed by atoms with Crippen molar-refractivity contribution in [2.45, 2.75) is 25.7 Å². The molecule has 2 aliphatic heterocycles. The van der Waals surface area contributed by atoms with Crippen LogP contribution in [0.4, 0.5) is 0 Å². The number of rotatable bonds is 1. The molecule has 0 radical (unpaired) electrons. The number of aliphatic imine (C=N–C) groups is 1. The van der Waals surface area contributed by atoms with E-state index in [-0.39, 0.29) is 5.91 Å². The molecule has 1 saturated heterocycles. The highest BCUT2D eigenvalue weighted by molar-refractivity contribution is 6.32. The molecule has 0 spiro atoms. The van der Waals surface area contributed by atoms with E-state index in [4.69, 9.17) is 11.6 Å². The fourth-order valence-electron chi connectivity index (χ4n) is 2.49. The van der Waals surface area contributed by atoms with Crippen LogP contribution >= 0.6 is 11.6 Å². The van der Waals surface area contributed by atoms with Crippen molar-refractivity contribution in [3.05, 3.63) is 40.5 Å². The van der Waals surface area contributed by atoms with Gasteiger partial charge in [-0.15, -0.1) is 0 Å². The monoisotopic (exact) mass is 274 g/mol. The summed E-state index contributed by atoms with van der Waals surface area (Å²) in [5.41, 5.74) is 1.35. The van der Waals surface area contributed by atoms with Crippen LogP contribution in [0.3, 0.4) is 0 Å². The van der Waals surface area contributed by atoms with E-state index < -0.39 is 0 Å². The Balaban J connectivity index is 1.94. The van der Waals surface area contributed by atoms with Gasteiger partial charge < -0.3 is 0 Å². The van der Waals surface area contributed by atoms with Gasteiger partial charge in [0.05, 0.1) is 0 Å². The number of benzene rings is 1. The van der Waals surface area contributed by atoms with Crippen molar-refractivity contribution in [1.29, 1.82) is 0 Å². The number of hydrogen-bond acceptors (Lipinski definition) is 2. The lowest BCUT2D eigenvalue weighted by Crippen LogP contribution is -2.31. The highest BCUT2D eigenvalue weighted by Crippen LogP contribution is 2.26. The largest absolute Gasteiger partial charge is 0.295 e. The van der Waals surface area contributed by atoms with Gasteiger partial charge in [-0.25, -0.2) is 4.99 Å². The highest BCUT2D eigenvalue weighted by atomic mass is 35.5. The predicted molar refractivity (Wildman–Crippen MR) is 77.0 cm³/mol. The molecular formula is C15H15ClN2O. The molecule has 1 amide bonds. The zero-order valence-corrected chi connectivity index (χ0v) is 11.4. The number of hydrogen-bond donors (Lipinski definition) is 0. The molecule has 19 heavy (non-hydrogen) atoms. The summed E-state index contributed by atoms with van der Waals surface area (Å²) in [5.74, 6) is 0.928. The fraction of sp³-hybridized carbons (Fsp3) is 0.333. The normalized spacial score (nSPS) is 21.3. The summed E-state index contributed by atoms with van der Waals surface area (Å²) >= 11 is 6.11. The van der Waals surface area contributed by atoms with E-state index in [0.29, 0.717) is 10.7 Å². The van der Waals surface area contributed by atoms with Crippen LogP contribution in [0.2, 0.25) is 5.02 Å². The molecule has 2 heterocycles. The molecule has 0 aromatic heterocycles. The average molecular weight is 275 g/mol. The average Bonchev–Trinajstić information content (AvgIpc) is 2.60. The fourth-order valence-corrected chi connectivity index (χ4v) is 2.68. The number of nitrogens with zero attached hydrogens (tertiary/aromatic N) is 2. The minimum Gasteiger partial charge on any atom is -0.295 e. The first-order valence-electron chi connectivity index (χ1n) is 6.61. The molecule has 3 rings (SSSR count). The van der Waals surface area contributed by atoms with Gasteiger partial charge in [0.1, 0.15) is 11.5 Å². The summed E-state index contributed by atoms with van der Waals surface area (Å²) in [7, 11) is 0. The highest BCUT2D eigenvalue weighted by Gasteiger charge is 2.30.